The van der Waals surface area contributed by atoms with Gasteiger partial charge in [0, 0.05) is 29.0 Å². The lowest BCUT2D eigenvalue weighted by Gasteiger charge is -2.01. The minimum atomic E-state index is -0.407. The summed E-state index contributed by atoms with van der Waals surface area (Å²) < 4.78 is 6.51. The summed E-state index contributed by atoms with van der Waals surface area (Å²) >= 11 is 5.87. The van der Waals surface area contributed by atoms with Crippen molar-refractivity contribution in [1.82, 2.24) is 14.6 Å². The largest absolute Gasteiger partial charge is 0.462 e. The number of hydrogen-bond donors (Lipinski definition) is 0. The van der Waals surface area contributed by atoms with Crippen LogP contribution in [0.2, 0.25) is 5.02 Å². The van der Waals surface area contributed by atoms with Gasteiger partial charge >= 0.3 is 5.97 Å². The second-order valence-electron chi connectivity index (χ2n) is 4.40. The van der Waals surface area contributed by atoms with Crippen LogP contribution in [-0.2, 0) is 4.74 Å². The SMILES string of the molecule is CCOC(=O)c1cnc2cc(-c3ccc(Cl)cc3)nn2c1. The number of fused-ring (bicyclic) bond motifs is 1. The maximum Gasteiger partial charge on any atom is 0.341 e. The average molecular weight is 302 g/mol. The first kappa shape index (κ1) is 13.6. The van der Waals surface area contributed by atoms with Gasteiger partial charge in [-0.25, -0.2) is 14.3 Å². The molecule has 0 radical (unpaired) electrons. The molecule has 21 heavy (non-hydrogen) atoms. The third kappa shape index (κ3) is 2.73. The van der Waals surface area contributed by atoms with Gasteiger partial charge in [0.1, 0.15) is 0 Å². The highest BCUT2D eigenvalue weighted by Crippen LogP contribution is 2.21. The van der Waals surface area contributed by atoms with Crippen molar-refractivity contribution in [3.8, 4) is 11.3 Å². The number of ether oxygens (including phenoxy) is 1. The number of carbonyl (C=O) groups is 1. The zero-order valence-corrected chi connectivity index (χ0v) is 12.0. The fraction of sp³-hybridized carbons (Fsp3) is 0.133. The van der Waals surface area contributed by atoms with Crippen molar-refractivity contribution in [3.63, 3.8) is 0 Å². The molecule has 5 nitrogen and oxygen atoms in total. The van der Waals surface area contributed by atoms with Crippen LogP contribution < -0.4 is 0 Å². The zero-order valence-electron chi connectivity index (χ0n) is 11.3. The fourth-order valence-corrected chi connectivity index (χ4v) is 2.08. The molecule has 0 fully saturated rings. The zero-order chi connectivity index (χ0) is 14.8. The van der Waals surface area contributed by atoms with E-state index in [4.69, 9.17) is 16.3 Å². The molecule has 0 aliphatic heterocycles. The summed E-state index contributed by atoms with van der Waals surface area (Å²) in [6.45, 7) is 2.09. The molecule has 0 aliphatic rings. The summed E-state index contributed by atoms with van der Waals surface area (Å²) in [5.74, 6) is -0.407. The van der Waals surface area contributed by atoms with Gasteiger partial charge in [-0.2, -0.15) is 5.10 Å². The van der Waals surface area contributed by atoms with Crippen molar-refractivity contribution in [2.24, 2.45) is 0 Å². The van der Waals surface area contributed by atoms with Crippen LogP contribution >= 0.6 is 11.6 Å². The van der Waals surface area contributed by atoms with Crippen molar-refractivity contribution in [1.29, 1.82) is 0 Å². The Kier molecular flexibility index (Phi) is 3.58. The van der Waals surface area contributed by atoms with Crippen LogP contribution in [0.1, 0.15) is 17.3 Å². The summed E-state index contributed by atoms with van der Waals surface area (Å²) in [7, 11) is 0. The van der Waals surface area contributed by atoms with Gasteiger partial charge in [0.2, 0.25) is 0 Å². The first-order chi connectivity index (χ1) is 10.2. The summed E-state index contributed by atoms with van der Waals surface area (Å²) in [5.41, 5.74) is 2.73. The maximum absolute atomic E-state index is 11.7. The highest BCUT2D eigenvalue weighted by atomic mass is 35.5. The second kappa shape index (κ2) is 5.54. The molecular weight excluding hydrogens is 290 g/mol. The van der Waals surface area contributed by atoms with Gasteiger partial charge in [-0.3, -0.25) is 0 Å². The summed E-state index contributed by atoms with van der Waals surface area (Å²) in [5, 5.41) is 5.09. The molecule has 2 heterocycles. The highest BCUT2D eigenvalue weighted by Gasteiger charge is 2.10. The Hall–Kier alpha value is -2.40. The standard InChI is InChI=1S/C15H12ClN3O2/c1-2-21-15(20)11-8-17-14-7-13(18-19(14)9-11)10-3-5-12(16)6-4-10/h3-9H,2H2,1H3. The number of nitrogens with zero attached hydrogens (tertiary/aromatic N) is 3. The van der Waals surface area contributed by atoms with E-state index in [0.717, 1.165) is 11.3 Å². The van der Waals surface area contributed by atoms with E-state index in [1.54, 1.807) is 29.8 Å². The lowest BCUT2D eigenvalue weighted by atomic mass is 10.2. The Balaban J connectivity index is 2.00. The molecule has 0 spiro atoms. The van der Waals surface area contributed by atoms with Crippen LogP contribution in [0.3, 0.4) is 0 Å². The number of halogens is 1. The molecule has 0 unspecified atom stereocenters. The van der Waals surface area contributed by atoms with Crippen LogP contribution in [0.25, 0.3) is 16.9 Å². The van der Waals surface area contributed by atoms with E-state index in [-0.39, 0.29) is 0 Å². The predicted octanol–water partition coefficient (Wildman–Crippen LogP) is 3.23. The minimum Gasteiger partial charge on any atom is -0.462 e. The van der Waals surface area contributed by atoms with Crippen molar-refractivity contribution in [2.75, 3.05) is 6.61 Å². The van der Waals surface area contributed by atoms with E-state index >= 15 is 0 Å². The van der Waals surface area contributed by atoms with Crippen LogP contribution in [0.5, 0.6) is 0 Å². The van der Waals surface area contributed by atoms with E-state index in [1.165, 1.54) is 6.20 Å². The van der Waals surface area contributed by atoms with E-state index in [9.17, 15) is 4.79 Å². The van der Waals surface area contributed by atoms with Crippen LogP contribution in [0, 0.1) is 0 Å². The van der Waals surface area contributed by atoms with E-state index in [2.05, 4.69) is 10.1 Å². The Labute approximate surface area is 126 Å². The van der Waals surface area contributed by atoms with E-state index < -0.39 is 5.97 Å². The van der Waals surface area contributed by atoms with Gasteiger partial charge in [0.05, 0.1) is 17.9 Å². The van der Waals surface area contributed by atoms with Crippen LogP contribution in [-0.4, -0.2) is 27.2 Å². The van der Waals surface area contributed by atoms with Gasteiger partial charge in [-0.1, -0.05) is 23.7 Å². The number of carbonyl (C=O) groups excluding carboxylic acids is 1. The first-order valence-corrected chi connectivity index (χ1v) is 6.83. The summed E-state index contributed by atoms with van der Waals surface area (Å²) in [6.07, 6.45) is 3.10. The number of esters is 1. The molecule has 2 aromatic heterocycles. The maximum atomic E-state index is 11.7. The Morgan fingerprint density at radius 2 is 2.10 bits per heavy atom. The molecule has 0 atom stereocenters. The lowest BCUT2D eigenvalue weighted by Crippen LogP contribution is -2.07. The molecule has 1 aromatic carbocycles. The quantitative estimate of drug-likeness (QED) is 0.697. The molecule has 106 valence electrons. The fourth-order valence-electron chi connectivity index (χ4n) is 1.96. The van der Waals surface area contributed by atoms with E-state index in [0.29, 0.717) is 22.8 Å². The number of benzene rings is 1. The third-order valence-electron chi connectivity index (χ3n) is 2.96. The number of rotatable bonds is 3. The molecule has 0 saturated carbocycles. The monoisotopic (exact) mass is 301 g/mol. The smallest absolute Gasteiger partial charge is 0.341 e. The lowest BCUT2D eigenvalue weighted by molar-refractivity contribution is 0.0525. The molecule has 6 heteroatoms. The molecular formula is C15H12ClN3O2. The van der Waals surface area contributed by atoms with Gasteiger partial charge in [-0.15, -0.1) is 0 Å². The molecule has 0 aliphatic carbocycles. The Bertz CT molecular complexity index is 796. The van der Waals surface area contributed by atoms with Crippen molar-refractivity contribution >= 4 is 23.2 Å². The van der Waals surface area contributed by atoms with Gasteiger partial charge in [-0.05, 0) is 19.1 Å². The Morgan fingerprint density at radius 1 is 1.33 bits per heavy atom. The minimum absolute atomic E-state index is 0.325. The normalized spacial score (nSPS) is 10.8. The first-order valence-electron chi connectivity index (χ1n) is 6.46. The number of hydrogen-bond acceptors (Lipinski definition) is 4. The van der Waals surface area contributed by atoms with Crippen molar-refractivity contribution in [2.45, 2.75) is 6.92 Å². The van der Waals surface area contributed by atoms with Gasteiger partial charge in [0.25, 0.3) is 0 Å². The van der Waals surface area contributed by atoms with Gasteiger partial charge in [0.15, 0.2) is 5.65 Å². The van der Waals surface area contributed by atoms with Crippen LogP contribution in [0.4, 0.5) is 0 Å². The molecule has 0 amide bonds. The number of aromatic nitrogens is 3. The van der Waals surface area contributed by atoms with Crippen molar-refractivity contribution < 1.29 is 9.53 Å². The molecule has 0 bridgehead atoms. The van der Waals surface area contributed by atoms with Crippen LogP contribution in [0.15, 0.2) is 42.7 Å². The van der Waals surface area contributed by atoms with E-state index in [1.807, 2.05) is 18.2 Å². The second-order valence-corrected chi connectivity index (χ2v) is 4.84. The Morgan fingerprint density at radius 3 is 2.81 bits per heavy atom. The molecule has 0 saturated heterocycles. The molecule has 0 N–H and O–H groups in total. The molecule has 3 rings (SSSR count). The summed E-state index contributed by atoms with van der Waals surface area (Å²) in [4.78, 5) is 15.9. The predicted molar refractivity (Wildman–Crippen MR) is 79.4 cm³/mol. The highest BCUT2D eigenvalue weighted by molar-refractivity contribution is 6.30. The van der Waals surface area contributed by atoms with Crippen molar-refractivity contribution in [3.05, 3.63) is 53.3 Å². The average Bonchev–Trinajstić information content (AvgIpc) is 2.91. The third-order valence-corrected chi connectivity index (χ3v) is 3.22. The summed E-state index contributed by atoms with van der Waals surface area (Å²) in [6, 6.07) is 9.22. The topological polar surface area (TPSA) is 56.5 Å². The van der Waals surface area contributed by atoms with Gasteiger partial charge < -0.3 is 4.74 Å². The molecule has 3 aromatic rings.